The quantitative estimate of drug-likeness (QED) is 0.445. The maximum absolute atomic E-state index is 10.5. The van der Waals surface area contributed by atoms with Crippen LogP contribution in [-0.4, -0.2) is 10.2 Å². The lowest BCUT2D eigenvalue weighted by Crippen LogP contribution is -2.54. The van der Waals surface area contributed by atoms with E-state index in [-0.39, 0.29) is 30.0 Å². The third-order valence-electron chi connectivity index (χ3n) is 6.15. The van der Waals surface area contributed by atoms with Gasteiger partial charge >= 0.3 is 0 Å². The maximum atomic E-state index is 10.5. The van der Waals surface area contributed by atoms with E-state index in [1.54, 1.807) is 12.1 Å². The Morgan fingerprint density at radius 1 is 0.633 bits per heavy atom. The summed E-state index contributed by atoms with van der Waals surface area (Å²) >= 11 is 0. The molecule has 4 rings (SSSR count). The number of hydrogen-bond donors (Lipinski definition) is 5. The predicted molar refractivity (Wildman–Crippen MR) is 119 cm³/mol. The highest BCUT2D eigenvalue weighted by molar-refractivity contribution is 5.42. The van der Waals surface area contributed by atoms with E-state index in [0.717, 1.165) is 5.56 Å². The fraction of sp³-hybridized carbons (Fsp3) is 0.280. The second-order valence-electron chi connectivity index (χ2n) is 8.17. The summed E-state index contributed by atoms with van der Waals surface area (Å²) in [7, 11) is 0. The highest BCUT2D eigenvalue weighted by Gasteiger charge is 2.31. The fourth-order valence-corrected chi connectivity index (χ4v) is 4.00. The first kappa shape index (κ1) is 20.4. The molecule has 0 saturated carbocycles. The number of aryl methyl sites for hydroxylation is 3. The van der Waals surface area contributed by atoms with Crippen molar-refractivity contribution in [1.82, 2.24) is 16.0 Å². The third-order valence-corrected chi connectivity index (χ3v) is 6.15. The van der Waals surface area contributed by atoms with E-state index in [9.17, 15) is 10.2 Å². The number of nitrogens with one attached hydrogen (secondary N) is 3. The van der Waals surface area contributed by atoms with Crippen molar-refractivity contribution in [3.8, 4) is 11.5 Å². The van der Waals surface area contributed by atoms with Gasteiger partial charge in [-0.3, -0.25) is 16.0 Å². The molecule has 3 unspecified atom stereocenters. The second kappa shape index (κ2) is 8.11. The molecule has 30 heavy (non-hydrogen) atoms. The van der Waals surface area contributed by atoms with Gasteiger partial charge in [-0.05, 0) is 73.2 Å². The van der Waals surface area contributed by atoms with Crippen molar-refractivity contribution in [3.05, 3.63) is 93.5 Å². The van der Waals surface area contributed by atoms with E-state index >= 15 is 0 Å². The standard InChI is InChI=1S/C25H29N3O2/c1-14-8-9-18(12-16(14)3)23-26-24(20-7-5-6-15(2)17(20)4)28-25(27-23)21-11-10-19(29)13-22(21)30/h5-13,23-30H,1-4H3. The average Bonchev–Trinajstić information content (AvgIpc) is 2.71. The molecule has 0 amide bonds. The van der Waals surface area contributed by atoms with E-state index in [4.69, 9.17) is 0 Å². The summed E-state index contributed by atoms with van der Waals surface area (Å²) in [5, 5.41) is 31.0. The Morgan fingerprint density at radius 3 is 2.03 bits per heavy atom. The Bertz CT molecular complexity index is 1080. The molecule has 3 aromatic carbocycles. The first-order valence-electron chi connectivity index (χ1n) is 10.3. The summed E-state index contributed by atoms with van der Waals surface area (Å²) < 4.78 is 0. The Balaban J connectivity index is 1.75. The topological polar surface area (TPSA) is 76.5 Å². The first-order valence-corrected chi connectivity index (χ1v) is 10.3. The largest absolute Gasteiger partial charge is 0.508 e. The number of phenols is 2. The third kappa shape index (κ3) is 3.92. The van der Waals surface area contributed by atoms with Crippen molar-refractivity contribution in [2.24, 2.45) is 0 Å². The number of phenolic OH excluding ortho intramolecular Hbond substituents is 2. The van der Waals surface area contributed by atoms with E-state index in [1.165, 1.54) is 33.9 Å². The molecule has 3 aromatic rings. The monoisotopic (exact) mass is 403 g/mol. The van der Waals surface area contributed by atoms with Gasteiger partial charge in [0.05, 0.1) is 18.5 Å². The van der Waals surface area contributed by atoms with Crippen LogP contribution in [0.25, 0.3) is 0 Å². The molecule has 1 saturated heterocycles. The molecule has 0 bridgehead atoms. The van der Waals surface area contributed by atoms with Crippen LogP contribution in [0, 0.1) is 27.7 Å². The maximum Gasteiger partial charge on any atom is 0.125 e. The molecule has 1 aliphatic rings. The Labute approximate surface area is 177 Å². The van der Waals surface area contributed by atoms with Crippen LogP contribution in [0.3, 0.4) is 0 Å². The van der Waals surface area contributed by atoms with Crippen LogP contribution in [-0.2, 0) is 0 Å². The molecule has 3 atom stereocenters. The van der Waals surface area contributed by atoms with Gasteiger partial charge in [0.1, 0.15) is 11.5 Å². The normalized spacial score (nSPS) is 21.5. The summed E-state index contributed by atoms with van der Waals surface area (Å²) in [6.07, 6.45) is -0.534. The van der Waals surface area contributed by atoms with Crippen LogP contribution in [0.15, 0.2) is 54.6 Å². The van der Waals surface area contributed by atoms with Crippen LogP contribution < -0.4 is 16.0 Å². The second-order valence-corrected chi connectivity index (χ2v) is 8.17. The molecule has 5 nitrogen and oxygen atoms in total. The van der Waals surface area contributed by atoms with Gasteiger partial charge in [0.2, 0.25) is 0 Å². The van der Waals surface area contributed by atoms with Crippen LogP contribution >= 0.6 is 0 Å². The van der Waals surface area contributed by atoms with Gasteiger partial charge in [-0.15, -0.1) is 0 Å². The molecule has 156 valence electrons. The Morgan fingerprint density at radius 2 is 1.33 bits per heavy atom. The zero-order valence-electron chi connectivity index (χ0n) is 17.8. The van der Waals surface area contributed by atoms with Crippen LogP contribution in [0.2, 0.25) is 0 Å². The number of benzene rings is 3. The highest BCUT2D eigenvalue weighted by Crippen LogP contribution is 2.34. The van der Waals surface area contributed by atoms with Crippen LogP contribution in [0.4, 0.5) is 0 Å². The predicted octanol–water partition coefficient (Wildman–Crippen LogP) is 4.51. The lowest BCUT2D eigenvalue weighted by atomic mass is 9.97. The van der Waals surface area contributed by atoms with Crippen molar-refractivity contribution in [3.63, 3.8) is 0 Å². The summed E-state index contributed by atoms with van der Waals surface area (Å²) in [5.41, 5.74) is 7.97. The van der Waals surface area contributed by atoms with Gasteiger partial charge in [0, 0.05) is 11.6 Å². The summed E-state index contributed by atoms with van der Waals surface area (Å²) in [5.74, 6) is 0.0995. The van der Waals surface area contributed by atoms with Gasteiger partial charge in [-0.1, -0.05) is 36.4 Å². The number of rotatable bonds is 3. The first-order chi connectivity index (χ1) is 14.3. The van der Waals surface area contributed by atoms with Crippen molar-refractivity contribution in [2.45, 2.75) is 46.2 Å². The highest BCUT2D eigenvalue weighted by atomic mass is 16.3. The smallest absolute Gasteiger partial charge is 0.125 e. The molecule has 0 spiro atoms. The molecule has 0 aliphatic carbocycles. The molecule has 0 radical (unpaired) electrons. The van der Waals surface area contributed by atoms with Crippen molar-refractivity contribution < 1.29 is 10.2 Å². The number of aromatic hydroxyl groups is 2. The minimum Gasteiger partial charge on any atom is -0.508 e. The molecule has 1 heterocycles. The fourth-order valence-electron chi connectivity index (χ4n) is 4.00. The molecule has 5 heteroatoms. The summed E-state index contributed by atoms with van der Waals surface area (Å²) in [6.45, 7) is 8.47. The van der Waals surface area contributed by atoms with E-state index in [1.807, 2.05) is 0 Å². The summed E-state index contributed by atoms with van der Waals surface area (Å²) in [6, 6.07) is 17.5. The Kier molecular flexibility index (Phi) is 5.52. The van der Waals surface area contributed by atoms with Gasteiger partial charge in [-0.2, -0.15) is 0 Å². The average molecular weight is 404 g/mol. The zero-order chi connectivity index (χ0) is 21.4. The van der Waals surface area contributed by atoms with E-state index < -0.39 is 0 Å². The van der Waals surface area contributed by atoms with Crippen molar-refractivity contribution in [2.75, 3.05) is 0 Å². The van der Waals surface area contributed by atoms with Gasteiger partial charge < -0.3 is 10.2 Å². The molecular formula is C25H29N3O2. The SMILES string of the molecule is Cc1ccc(C2NC(c3ccc(O)cc3O)NC(c3cccc(C)c3C)N2)cc1C. The zero-order valence-corrected chi connectivity index (χ0v) is 17.8. The van der Waals surface area contributed by atoms with Gasteiger partial charge in [0.25, 0.3) is 0 Å². The summed E-state index contributed by atoms with van der Waals surface area (Å²) in [4.78, 5) is 0. The van der Waals surface area contributed by atoms with Crippen molar-refractivity contribution >= 4 is 0 Å². The van der Waals surface area contributed by atoms with E-state index in [0.29, 0.717) is 5.56 Å². The molecule has 5 N–H and O–H groups in total. The van der Waals surface area contributed by atoms with Crippen LogP contribution in [0.5, 0.6) is 11.5 Å². The lowest BCUT2D eigenvalue weighted by Gasteiger charge is -2.40. The van der Waals surface area contributed by atoms with Crippen LogP contribution in [0.1, 0.15) is 57.4 Å². The van der Waals surface area contributed by atoms with E-state index in [2.05, 4.69) is 80.0 Å². The lowest BCUT2D eigenvalue weighted by molar-refractivity contribution is 0.200. The molecule has 1 fully saturated rings. The van der Waals surface area contributed by atoms with Gasteiger partial charge in [-0.25, -0.2) is 0 Å². The minimum absolute atomic E-state index is 0.0435. The molecule has 1 aliphatic heterocycles. The molecule has 0 aromatic heterocycles. The van der Waals surface area contributed by atoms with Crippen molar-refractivity contribution in [1.29, 1.82) is 0 Å². The minimum atomic E-state index is -0.302. The Hall–Kier alpha value is -2.86. The van der Waals surface area contributed by atoms with Gasteiger partial charge in [0.15, 0.2) is 0 Å². The molecular weight excluding hydrogens is 374 g/mol. The number of hydrogen-bond acceptors (Lipinski definition) is 5.